The molecule has 0 amide bonds. The lowest BCUT2D eigenvalue weighted by Crippen LogP contribution is -2.11. The maximum absolute atomic E-state index is 3.97. The molecule has 0 aromatic heterocycles. The summed E-state index contributed by atoms with van der Waals surface area (Å²) >= 11 is 0. The number of allylic oxidation sites excluding steroid dienone is 1. The van der Waals surface area contributed by atoms with Gasteiger partial charge in [-0.15, -0.1) is 12.5 Å². The van der Waals surface area contributed by atoms with Crippen LogP contribution in [0.25, 0.3) is 0 Å². The lowest BCUT2D eigenvalue weighted by molar-refractivity contribution is 0.522. The van der Waals surface area contributed by atoms with Crippen LogP contribution in [0.15, 0.2) is 43.0 Å². The Morgan fingerprint density at radius 1 is 1.15 bits per heavy atom. The van der Waals surface area contributed by atoms with E-state index in [0.29, 0.717) is 0 Å². The zero-order valence-electron chi connectivity index (χ0n) is 13.1. The van der Waals surface area contributed by atoms with Crippen LogP contribution in [-0.4, -0.2) is 0 Å². The Morgan fingerprint density at radius 3 is 2.55 bits per heavy atom. The minimum absolute atomic E-state index is 0.0550. The van der Waals surface area contributed by atoms with E-state index in [1.807, 2.05) is 6.08 Å². The summed E-state index contributed by atoms with van der Waals surface area (Å²) < 4.78 is 0. The molecule has 0 heterocycles. The van der Waals surface area contributed by atoms with Crippen molar-refractivity contribution < 1.29 is 0 Å². The third kappa shape index (κ3) is 6.62. The van der Waals surface area contributed by atoms with Crippen LogP contribution in [-0.2, 0) is 6.42 Å². The van der Waals surface area contributed by atoms with Gasteiger partial charge in [0.15, 0.2) is 0 Å². The molecule has 0 aliphatic rings. The zero-order chi connectivity index (χ0) is 14.7. The summed E-state index contributed by atoms with van der Waals surface area (Å²) in [4.78, 5) is 0. The Hall–Kier alpha value is -1.48. The van der Waals surface area contributed by atoms with Crippen LogP contribution in [0.3, 0.4) is 0 Å². The van der Waals surface area contributed by atoms with Crippen molar-refractivity contribution >= 4 is 0 Å². The molecule has 0 saturated carbocycles. The molecule has 0 unspecified atom stereocenters. The standard InChI is InChI=1S/C20H28/c1-4-6-7-8-9-13-17-20(3,5-2)18-16-19-14-11-10-12-15-19/h5,10-12,14-15H,2,4,6-9,16,18H2,1,3H3/t20-/m0/s1. The summed E-state index contributed by atoms with van der Waals surface area (Å²) in [5.74, 6) is 6.78. The predicted molar refractivity (Wildman–Crippen MR) is 89.6 cm³/mol. The topological polar surface area (TPSA) is 0 Å². The minimum Gasteiger partial charge on any atom is -0.102 e. The van der Waals surface area contributed by atoms with Crippen LogP contribution >= 0.6 is 0 Å². The first-order chi connectivity index (χ1) is 9.70. The van der Waals surface area contributed by atoms with E-state index in [9.17, 15) is 0 Å². The van der Waals surface area contributed by atoms with Gasteiger partial charge in [-0.25, -0.2) is 0 Å². The molecular formula is C20H28. The quantitative estimate of drug-likeness (QED) is 0.318. The van der Waals surface area contributed by atoms with E-state index in [-0.39, 0.29) is 5.41 Å². The maximum atomic E-state index is 3.97. The largest absolute Gasteiger partial charge is 0.102 e. The van der Waals surface area contributed by atoms with Gasteiger partial charge in [-0.3, -0.25) is 0 Å². The van der Waals surface area contributed by atoms with E-state index in [1.54, 1.807) is 0 Å². The van der Waals surface area contributed by atoms with E-state index in [2.05, 4.69) is 62.6 Å². The van der Waals surface area contributed by atoms with Gasteiger partial charge in [0.1, 0.15) is 0 Å². The van der Waals surface area contributed by atoms with Gasteiger partial charge < -0.3 is 0 Å². The highest BCUT2D eigenvalue weighted by Gasteiger charge is 2.16. The first-order valence-electron chi connectivity index (χ1n) is 7.88. The molecule has 1 aromatic carbocycles. The molecule has 20 heavy (non-hydrogen) atoms. The highest BCUT2D eigenvalue weighted by atomic mass is 14.2. The van der Waals surface area contributed by atoms with Crippen LogP contribution in [0, 0.1) is 17.3 Å². The molecule has 0 radical (unpaired) electrons. The van der Waals surface area contributed by atoms with Crippen LogP contribution in [0.4, 0.5) is 0 Å². The number of hydrogen-bond donors (Lipinski definition) is 0. The Balaban J connectivity index is 2.42. The molecule has 1 atom stereocenters. The molecule has 1 rings (SSSR count). The summed E-state index contributed by atoms with van der Waals surface area (Å²) in [6.45, 7) is 8.41. The van der Waals surface area contributed by atoms with E-state index in [0.717, 1.165) is 19.3 Å². The lowest BCUT2D eigenvalue weighted by Gasteiger charge is -2.18. The highest BCUT2D eigenvalue weighted by molar-refractivity contribution is 5.20. The third-order valence-corrected chi connectivity index (χ3v) is 3.76. The Bertz CT molecular complexity index is 432. The van der Waals surface area contributed by atoms with Crippen molar-refractivity contribution in [2.45, 2.75) is 58.8 Å². The summed E-state index contributed by atoms with van der Waals surface area (Å²) in [6.07, 6.45) is 10.3. The van der Waals surface area contributed by atoms with Crippen LogP contribution in [0.2, 0.25) is 0 Å². The van der Waals surface area contributed by atoms with Gasteiger partial charge in [0.25, 0.3) is 0 Å². The second kappa shape index (κ2) is 9.43. The second-order valence-corrected chi connectivity index (χ2v) is 5.72. The minimum atomic E-state index is -0.0550. The van der Waals surface area contributed by atoms with Gasteiger partial charge in [0, 0.05) is 11.8 Å². The van der Waals surface area contributed by atoms with Crippen molar-refractivity contribution in [3.8, 4) is 11.8 Å². The third-order valence-electron chi connectivity index (χ3n) is 3.76. The second-order valence-electron chi connectivity index (χ2n) is 5.72. The zero-order valence-corrected chi connectivity index (χ0v) is 13.1. The smallest absolute Gasteiger partial charge is 0.0466 e. The van der Waals surface area contributed by atoms with Crippen molar-refractivity contribution in [3.05, 3.63) is 48.6 Å². The number of unbranched alkanes of at least 4 members (excludes halogenated alkanes) is 4. The number of rotatable bonds is 8. The first-order valence-corrected chi connectivity index (χ1v) is 7.88. The van der Waals surface area contributed by atoms with E-state index < -0.39 is 0 Å². The molecule has 1 aromatic rings. The van der Waals surface area contributed by atoms with Gasteiger partial charge >= 0.3 is 0 Å². The number of benzene rings is 1. The monoisotopic (exact) mass is 268 g/mol. The SMILES string of the molecule is C=C[C@@](C)(C#CCCCCCC)CCc1ccccc1. The molecule has 0 N–H and O–H groups in total. The van der Waals surface area contributed by atoms with Gasteiger partial charge in [0.2, 0.25) is 0 Å². The van der Waals surface area contributed by atoms with Crippen LogP contribution in [0.5, 0.6) is 0 Å². The van der Waals surface area contributed by atoms with Crippen LogP contribution in [0.1, 0.15) is 57.9 Å². The fraction of sp³-hybridized carbons (Fsp3) is 0.500. The Labute approximate surface area is 125 Å². The van der Waals surface area contributed by atoms with Crippen molar-refractivity contribution in [1.29, 1.82) is 0 Å². The lowest BCUT2D eigenvalue weighted by atomic mass is 9.84. The first kappa shape index (κ1) is 16.6. The van der Waals surface area contributed by atoms with E-state index in [4.69, 9.17) is 0 Å². The fourth-order valence-electron chi connectivity index (χ4n) is 2.17. The molecular weight excluding hydrogens is 240 g/mol. The molecule has 0 fully saturated rings. The molecule has 0 spiro atoms. The highest BCUT2D eigenvalue weighted by Crippen LogP contribution is 2.24. The molecule has 0 heteroatoms. The van der Waals surface area contributed by atoms with Crippen molar-refractivity contribution in [2.24, 2.45) is 5.41 Å². The van der Waals surface area contributed by atoms with Crippen LogP contribution < -0.4 is 0 Å². The molecule has 0 aliphatic heterocycles. The Kier molecular flexibility index (Phi) is 7.81. The molecule has 0 saturated heterocycles. The van der Waals surface area contributed by atoms with Crippen molar-refractivity contribution in [1.82, 2.24) is 0 Å². The maximum Gasteiger partial charge on any atom is 0.0466 e. The summed E-state index contributed by atoms with van der Waals surface area (Å²) in [5, 5.41) is 0. The van der Waals surface area contributed by atoms with E-state index in [1.165, 1.54) is 31.2 Å². The Morgan fingerprint density at radius 2 is 1.90 bits per heavy atom. The molecule has 0 bridgehead atoms. The predicted octanol–water partition coefficient (Wildman–Crippen LogP) is 5.79. The van der Waals surface area contributed by atoms with Gasteiger partial charge in [-0.05, 0) is 31.7 Å². The van der Waals surface area contributed by atoms with Crippen molar-refractivity contribution in [2.75, 3.05) is 0 Å². The normalized spacial score (nSPS) is 13.1. The number of hydrogen-bond acceptors (Lipinski definition) is 0. The molecule has 0 nitrogen and oxygen atoms in total. The summed E-state index contributed by atoms with van der Waals surface area (Å²) in [5.41, 5.74) is 1.32. The van der Waals surface area contributed by atoms with Crippen molar-refractivity contribution in [3.63, 3.8) is 0 Å². The van der Waals surface area contributed by atoms with Gasteiger partial charge in [0.05, 0.1) is 0 Å². The van der Waals surface area contributed by atoms with Gasteiger partial charge in [-0.1, -0.05) is 68.5 Å². The summed E-state index contributed by atoms with van der Waals surface area (Å²) in [6, 6.07) is 10.6. The van der Waals surface area contributed by atoms with E-state index >= 15 is 0 Å². The average molecular weight is 268 g/mol. The molecule has 0 aliphatic carbocycles. The average Bonchev–Trinajstić information content (AvgIpc) is 2.50. The molecule has 108 valence electrons. The fourth-order valence-corrected chi connectivity index (χ4v) is 2.17. The number of aryl methyl sites for hydroxylation is 1. The summed E-state index contributed by atoms with van der Waals surface area (Å²) in [7, 11) is 0. The van der Waals surface area contributed by atoms with Gasteiger partial charge in [-0.2, -0.15) is 0 Å².